The third kappa shape index (κ3) is 5.88. The van der Waals surface area contributed by atoms with E-state index in [1.165, 1.54) is 0 Å². The summed E-state index contributed by atoms with van der Waals surface area (Å²) in [5.74, 6) is 2.25. The van der Waals surface area contributed by atoms with Gasteiger partial charge in [0.1, 0.15) is 5.82 Å². The first-order valence-corrected chi connectivity index (χ1v) is 13.6. The second-order valence-corrected chi connectivity index (χ2v) is 10.1. The number of para-hydroxylation sites is 1. The Hall–Kier alpha value is -3.98. The summed E-state index contributed by atoms with van der Waals surface area (Å²) in [6, 6.07) is 18.5. The summed E-state index contributed by atoms with van der Waals surface area (Å²) < 4.78 is 5.13. The number of ether oxygens (including phenoxy) is 1. The molecular weight excluding hydrogens is 514 g/mol. The summed E-state index contributed by atoms with van der Waals surface area (Å²) in [6.45, 7) is 9.55. The van der Waals surface area contributed by atoms with Crippen molar-refractivity contribution in [3.05, 3.63) is 66.1 Å². The molecule has 0 atom stereocenters. The van der Waals surface area contributed by atoms with Crippen molar-refractivity contribution in [2.24, 2.45) is 5.92 Å². The topological polar surface area (TPSA) is 87.6 Å². The summed E-state index contributed by atoms with van der Waals surface area (Å²) in [5, 5.41) is 2.09. The molecule has 0 saturated carbocycles. The van der Waals surface area contributed by atoms with E-state index < -0.39 is 0 Å². The van der Waals surface area contributed by atoms with Crippen LogP contribution < -0.4 is 9.80 Å². The molecule has 39 heavy (non-hydrogen) atoms. The number of carbonyl (C=O) groups is 1. The lowest BCUT2D eigenvalue weighted by Gasteiger charge is -2.34. The van der Waals surface area contributed by atoms with Gasteiger partial charge in [-0.1, -0.05) is 56.3 Å². The van der Waals surface area contributed by atoms with Crippen LogP contribution in [-0.4, -0.2) is 70.3 Å². The third-order valence-electron chi connectivity index (χ3n) is 6.57. The van der Waals surface area contributed by atoms with E-state index >= 15 is 0 Å². The number of rotatable bonds is 7. The van der Waals surface area contributed by atoms with Crippen LogP contribution in [-0.2, 0) is 4.74 Å². The lowest BCUT2D eigenvalue weighted by atomic mass is 10.0. The zero-order valence-electron chi connectivity index (χ0n) is 22.4. The second-order valence-electron chi connectivity index (χ2n) is 9.78. The Bertz CT molecular complexity index is 1440. The lowest BCUT2D eigenvalue weighted by molar-refractivity contribution is 0.105. The number of carbonyl (C=O) groups excluding carboxylic acids is 1. The molecule has 1 aliphatic heterocycles. The van der Waals surface area contributed by atoms with Crippen molar-refractivity contribution in [3.63, 3.8) is 0 Å². The number of pyridine rings is 1. The molecule has 3 heterocycles. The molecule has 0 aliphatic carbocycles. The molecule has 0 bridgehead atoms. The first kappa shape index (κ1) is 26.6. The molecule has 0 N–H and O–H groups in total. The Kier molecular flexibility index (Phi) is 8.07. The Morgan fingerprint density at radius 3 is 2.36 bits per heavy atom. The molecule has 1 amide bonds. The average Bonchev–Trinajstić information content (AvgIpc) is 2.96. The van der Waals surface area contributed by atoms with Gasteiger partial charge in [-0.05, 0) is 42.0 Å². The molecule has 0 radical (unpaired) electrons. The van der Waals surface area contributed by atoms with Gasteiger partial charge < -0.3 is 19.4 Å². The maximum absolute atomic E-state index is 12.1. The quantitative estimate of drug-likeness (QED) is 0.287. The molecule has 10 heteroatoms. The van der Waals surface area contributed by atoms with Crippen molar-refractivity contribution >= 4 is 45.9 Å². The maximum atomic E-state index is 12.1. The minimum absolute atomic E-state index is 0.113. The first-order valence-electron chi connectivity index (χ1n) is 13.2. The van der Waals surface area contributed by atoms with Crippen molar-refractivity contribution in [3.8, 4) is 11.4 Å². The van der Waals surface area contributed by atoms with Gasteiger partial charge in [-0.3, -0.25) is 0 Å². The molecule has 0 spiro atoms. The van der Waals surface area contributed by atoms with Gasteiger partial charge in [0.25, 0.3) is 0 Å². The van der Waals surface area contributed by atoms with Crippen molar-refractivity contribution in [1.82, 2.24) is 24.8 Å². The predicted octanol–water partition coefficient (Wildman–Crippen LogP) is 5.81. The highest BCUT2D eigenvalue weighted by Crippen LogP contribution is 2.36. The molecular formula is C29H32ClN7O2. The number of amides is 1. The minimum Gasteiger partial charge on any atom is -0.450 e. The highest BCUT2D eigenvalue weighted by atomic mass is 35.5. The van der Waals surface area contributed by atoms with Crippen LogP contribution in [0.1, 0.15) is 20.8 Å². The molecule has 1 saturated heterocycles. The van der Waals surface area contributed by atoms with E-state index in [1.54, 1.807) is 11.8 Å². The van der Waals surface area contributed by atoms with E-state index in [0.29, 0.717) is 50.5 Å². The van der Waals surface area contributed by atoms with Gasteiger partial charge in [-0.15, -0.1) is 0 Å². The van der Waals surface area contributed by atoms with Gasteiger partial charge in [-0.2, -0.15) is 15.0 Å². The van der Waals surface area contributed by atoms with E-state index in [0.717, 1.165) is 34.4 Å². The van der Waals surface area contributed by atoms with Gasteiger partial charge in [-0.25, -0.2) is 9.78 Å². The molecule has 4 aromatic rings. The maximum Gasteiger partial charge on any atom is 0.409 e. The summed E-state index contributed by atoms with van der Waals surface area (Å²) in [6.07, 6.45) is 1.52. The van der Waals surface area contributed by atoms with Gasteiger partial charge in [0, 0.05) is 55.6 Å². The zero-order valence-corrected chi connectivity index (χ0v) is 23.2. The second kappa shape index (κ2) is 11.8. The number of halogens is 1. The largest absolute Gasteiger partial charge is 0.450 e. The number of aromatic nitrogens is 4. The van der Waals surface area contributed by atoms with Crippen LogP contribution in [0.5, 0.6) is 0 Å². The molecule has 9 nitrogen and oxygen atoms in total. The Balaban J connectivity index is 1.51. The van der Waals surface area contributed by atoms with Crippen molar-refractivity contribution in [2.75, 3.05) is 49.1 Å². The van der Waals surface area contributed by atoms with E-state index in [9.17, 15) is 4.79 Å². The van der Waals surface area contributed by atoms with E-state index in [1.807, 2.05) is 41.4 Å². The molecule has 0 unspecified atom stereocenters. The van der Waals surface area contributed by atoms with Crippen LogP contribution in [0.3, 0.4) is 0 Å². The summed E-state index contributed by atoms with van der Waals surface area (Å²) in [7, 11) is 0. The Labute approximate surface area is 233 Å². The van der Waals surface area contributed by atoms with E-state index in [-0.39, 0.29) is 11.4 Å². The average molecular weight is 546 g/mol. The number of nitrogens with zero attached hydrogens (tertiary/aromatic N) is 7. The van der Waals surface area contributed by atoms with Gasteiger partial charge in [0.05, 0.1) is 6.61 Å². The fourth-order valence-corrected chi connectivity index (χ4v) is 4.92. The SMILES string of the molecule is CCOC(=O)N1CCN(c2nc(Cl)nc(-c3cnc(N(CC(C)C)c4ccccc4)c4ccccc34)n2)CC1. The number of anilines is 3. The zero-order chi connectivity index (χ0) is 27.4. The van der Waals surface area contributed by atoms with Crippen molar-refractivity contribution in [1.29, 1.82) is 0 Å². The smallest absolute Gasteiger partial charge is 0.409 e. The number of fused-ring (bicyclic) bond motifs is 1. The predicted molar refractivity (Wildman–Crippen MR) is 155 cm³/mol. The standard InChI is InChI=1S/C29H32ClN7O2/c1-4-39-29(38)36-16-14-35(15-17-36)28-33-25(32-27(30)34-28)24-18-31-26(23-13-9-8-12-22(23)24)37(19-20(2)3)21-10-6-5-7-11-21/h5-13,18,20H,4,14-17,19H2,1-3H3. The molecule has 202 valence electrons. The number of hydrogen-bond acceptors (Lipinski definition) is 8. The molecule has 5 rings (SSSR count). The van der Waals surface area contributed by atoms with E-state index in [4.69, 9.17) is 26.3 Å². The van der Waals surface area contributed by atoms with Crippen LogP contribution in [0.15, 0.2) is 60.8 Å². The summed E-state index contributed by atoms with van der Waals surface area (Å²) in [5.41, 5.74) is 1.87. The van der Waals surface area contributed by atoms with Crippen molar-refractivity contribution in [2.45, 2.75) is 20.8 Å². The highest BCUT2D eigenvalue weighted by molar-refractivity contribution is 6.28. The Morgan fingerprint density at radius 1 is 0.974 bits per heavy atom. The highest BCUT2D eigenvalue weighted by Gasteiger charge is 2.25. The Morgan fingerprint density at radius 2 is 1.67 bits per heavy atom. The van der Waals surface area contributed by atoms with Crippen LogP contribution in [0.4, 0.5) is 22.2 Å². The molecule has 2 aromatic heterocycles. The normalized spacial score (nSPS) is 13.7. The summed E-state index contributed by atoms with van der Waals surface area (Å²) >= 11 is 6.41. The summed E-state index contributed by atoms with van der Waals surface area (Å²) in [4.78, 5) is 36.7. The van der Waals surface area contributed by atoms with Gasteiger partial charge >= 0.3 is 6.09 Å². The monoisotopic (exact) mass is 545 g/mol. The lowest BCUT2D eigenvalue weighted by Crippen LogP contribution is -2.49. The first-order chi connectivity index (χ1) is 18.9. The molecule has 1 fully saturated rings. The molecule has 2 aromatic carbocycles. The van der Waals surface area contributed by atoms with Crippen LogP contribution in [0.25, 0.3) is 22.2 Å². The third-order valence-corrected chi connectivity index (χ3v) is 6.74. The number of hydrogen-bond donors (Lipinski definition) is 0. The number of piperazine rings is 1. The van der Waals surface area contributed by atoms with E-state index in [2.05, 4.69) is 53.0 Å². The van der Waals surface area contributed by atoms with Crippen molar-refractivity contribution < 1.29 is 9.53 Å². The number of benzene rings is 2. The minimum atomic E-state index is -0.300. The molecule has 1 aliphatic rings. The van der Waals surface area contributed by atoms with Gasteiger partial charge in [0.15, 0.2) is 5.82 Å². The van der Waals surface area contributed by atoms with Gasteiger partial charge in [0.2, 0.25) is 11.2 Å². The fourth-order valence-electron chi connectivity index (χ4n) is 4.76. The van der Waals surface area contributed by atoms with Crippen LogP contribution in [0, 0.1) is 5.92 Å². The van der Waals surface area contributed by atoms with Crippen LogP contribution in [0.2, 0.25) is 5.28 Å². The fraction of sp³-hybridized carbons (Fsp3) is 0.345. The van der Waals surface area contributed by atoms with Crippen LogP contribution >= 0.6 is 11.6 Å².